The summed E-state index contributed by atoms with van der Waals surface area (Å²) in [6, 6.07) is 1.55. The lowest BCUT2D eigenvalue weighted by atomic mass is 10.1. The number of nitrogens with zero attached hydrogens (tertiary/aromatic N) is 1. The number of carbonyl (C=O) groups is 1. The topological polar surface area (TPSA) is 42.0 Å². The van der Waals surface area contributed by atoms with E-state index in [4.69, 9.17) is 0 Å². The Morgan fingerprint density at radius 2 is 2.06 bits per heavy atom. The zero-order chi connectivity index (χ0) is 13.7. The van der Waals surface area contributed by atoms with Crippen molar-refractivity contribution in [1.82, 2.24) is 10.3 Å². The third kappa shape index (κ3) is 3.48. The minimum Gasteiger partial charge on any atom is -0.349 e. The molecule has 0 unspecified atom stereocenters. The molecule has 1 rings (SSSR count). The number of aryl methyl sites for hydroxylation is 1. The molecule has 1 aromatic heterocycles. The maximum Gasteiger partial charge on any atom is 0.280 e. The second-order valence-electron chi connectivity index (χ2n) is 4.21. The number of carbonyl (C=O) groups excluding carboxylic acids is 1. The van der Waals surface area contributed by atoms with Crippen LogP contribution in [0.3, 0.4) is 0 Å². The Kier molecular flexibility index (Phi) is 5.19. The van der Waals surface area contributed by atoms with E-state index in [-0.39, 0.29) is 19.1 Å². The molecule has 0 aliphatic heterocycles. The highest BCUT2D eigenvalue weighted by Gasteiger charge is 2.16. The number of rotatable bonds is 5. The zero-order valence-electron chi connectivity index (χ0n) is 10.8. The predicted molar refractivity (Wildman–Crippen MR) is 67.9 cm³/mol. The highest BCUT2D eigenvalue weighted by molar-refractivity contribution is 5.94. The molecule has 18 heavy (non-hydrogen) atoms. The van der Waals surface area contributed by atoms with E-state index in [2.05, 4.69) is 10.3 Å². The fourth-order valence-corrected chi connectivity index (χ4v) is 1.70. The van der Waals surface area contributed by atoms with Crippen LogP contribution in [0.1, 0.15) is 56.2 Å². The van der Waals surface area contributed by atoms with Gasteiger partial charge in [-0.1, -0.05) is 13.8 Å². The lowest BCUT2D eigenvalue weighted by Crippen LogP contribution is -2.33. The van der Waals surface area contributed by atoms with Crippen molar-refractivity contribution in [3.63, 3.8) is 0 Å². The van der Waals surface area contributed by atoms with E-state index in [0.29, 0.717) is 11.1 Å². The second-order valence-corrected chi connectivity index (χ2v) is 4.21. The summed E-state index contributed by atoms with van der Waals surface area (Å²) in [5.41, 5.74) is 0.389. The van der Waals surface area contributed by atoms with Crippen molar-refractivity contribution in [2.24, 2.45) is 0 Å². The number of amides is 1. The van der Waals surface area contributed by atoms with Crippen molar-refractivity contribution in [3.8, 4) is 0 Å². The van der Waals surface area contributed by atoms with Crippen molar-refractivity contribution in [2.45, 2.75) is 46.1 Å². The van der Waals surface area contributed by atoms with Crippen LogP contribution >= 0.6 is 0 Å². The minimum absolute atomic E-state index is 0. The van der Waals surface area contributed by atoms with Gasteiger partial charge in [-0.2, -0.15) is 0 Å². The summed E-state index contributed by atoms with van der Waals surface area (Å²) in [5, 5.41) is 2.84. The number of nitrogens with one attached hydrogen (secondary N) is 1. The maximum atomic E-state index is 12.5. The Hall–Kier alpha value is -1.52. The molecule has 1 aromatic rings. The number of hydrogen-bond acceptors (Lipinski definition) is 2. The molecular formula is C13H20F2N2O. The summed E-state index contributed by atoms with van der Waals surface area (Å²) < 4.78 is 25.0. The molecule has 5 heteroatoms. The zero-order valence-corrected chi connectivity index (χ0v) is 10.8. The van der Waals surface area contributed by atoms with Gasteiger partial charge in [-0.3, -0.25) is 9.78 Å². The van der Waals surface area contributed by atoms with Gasteiger partial charge in [0.2, 0.25) is 0 Å². The molecule has 0 atom stereocenters. The number of pyridine rings is 1. The summed E-state index contributed by atoms with van der Waals surface area (Å²) in [6.07, 6.45) is 0.265. The van der Waals surface area contributed by atoms with Crippen molar-refractivity contribution in [3.05, 3.63) is 29.1 Å². The van der Waals surface area contributed by atoms with Crippen molar-refractivity contribution < 1.29 is 15.0 Å². The largest absolute Gasteiger partial charge is 0.349 e. The van der Waals surface area contributed by atoms with E-state index in [1.165, 1.54) is 19.2 Å². The number of alkyl halides is 2. The molecule has 0 saturated heterocycles. The molecule has 0 radical (unpaired) electrons. The fourth-order valence-electron chi connectivity index (χ4n) is 1.70. The predicted octanol–water partition coefficient (Wildman–Crippen LogP) is 3.49. The highest BCUT2D eigenvalue weighted by atomic mass is 19.3. The number of aromatic nitrogens is 1. The van der Waals surface area contributed by atoms with E-state index in [9.17, 15) is 13.6 Å². The molecule has 1 amide bonds. The second kappa shape index (κ2) is 6.42. The van der Waals surface area contributed by atoms with E-state index in [0.717, 1.165) is 12.8 Å². The molecule has 102 valence electrons. The van der Waals surface area contributed by atoms with Gasteiger partial charge in [0, 0.05) is 13.7 Å². The molecule has 0 aromatic carbocycles. The van der Waals surface area contributed by atoms with Crippen molar-refractivity contribution in [1.29, 1.82) is 0 Å². The van der Waals surface area contributed by atoms with Gasteiger partial charge in [-0.05, 0) is 31.4 Å². The summed E-state index contributed by atoms with van der Waals surface area (Å²) >= 11 is 0. The van der Waals surface area contributed by atoms with Crippen LogP contribution in [0, 0.1) is 6.92 Å². The minimum atomic E-state index is -2.61. The van der Waals surface area contributed by atoms with Gasteiger partial charge in [0.25, 0.3) is 12.3 Å². The number of halogens is 2. The van der Waals surface area contributed by atoms with Gasteiger partial charge in [-0.25, -0.2) is 8.78 Å². The first-order chi connectivity index (χ1) is 8.49. The summed E-state index contributed by atoms with van der Waals surface area (Å²) in [6.45, 7) is 5.50. The SMILES string of the molecule is CCC(CC)NC(=O)c1cnc(C(F)F)c(C)c1.[HH]. The molecule has 0 aliphatic rings. The quantitative estimate of drug-likeness (QED) is 0.878. The molecule has 0 bridgehead atoms. The Morgan fingerprint density at radius 1 is 1.44 bits per heavy atom. The van der Waals surface area contributed by atoms with Crippen LogP contribution in [0.5, 0.6) is 0 Å². The Bertz CT molecular complexity index is 423. The van der Waals surface area contributed by atoms with Crippen LogP contribution in [-0.4, -0.2) is 16.9 Å². The van der Waals surface area contributed by atoms with Crippen molar-refractivity contribution in [2.75, 3.05) is 0 Å². The molecular weight excluding hydrogens is 238 g/mol. The molecule has 0 spiro atoms. The molecule has 0 aliphatic carbocycles. The summed E-state index contributed by atoms with van der Waals surface area (Å²) in [4.78, 5) is 15.5. The van der Waals surface area contributed by atoms with Gasteiger partial charge in [0.15, 0.2) is 0 Å². The van der Waals surface area contributed by atoms with Crippen LogP contribution in [0.15, 0.2) is 12.3 Å². The molecule has 0 saturated carbocycles. The van der Waals surface area contributed by atoms with Crippen LogP contribution in [0.25, 0.3) is 0 Å². The van der Waals surface area contributed by atoms with E-state index < -0.39 is 6.43 Å². The first-order valence-corrected chi connectivity index (χ1v) is 6.05. The Balaban J connectivity index is 0.00000324. The first-order valence-electron chi connectivity index (χ1n) is 6.05. The average molecular weight is 258 g/mol. The van der Waals surface area contributed by atoms with Crippen LogP contribution < -0.4 is 5.32 Å². The molecule has 0 fully saturated rings. The lowest BCUT2D eigenvalue weighted by Gasteiger charge is -2.15. The number of hydrogen-bond donors (Lipinski definition) is 1. The third-order valence-corrected chi connectivity index (χ3v) is 2.91. The van der Waals surface area contributed by atoms with Gasteiger partial charge >= 0.3 is 0 Å². The molecule has 1 N–H and O–H groups in total. The van der Waals surface area contributed by atoms with Gasteiger partial charge in [-0.15, -0.1) is 0 Å². The highest BCUT2D eigenvalue weighted by Crippen LogP contribution is 2.20. The normalized spacial score (nSPS) is 11.1. The Morgan fingerprint density at radius 3 is 2.50 bits per heavy atom. The standard InChI is InChI=1S/C13H18F2N2O.H2/c1-4-10(5-2)17-13(18)9-6-8(3)11(12(14)15)16-7-9;/h6-7,10,12H,4-5H2,1-3H3,(H,17,18);1H. The van der Waals surface area contributed by atoms with Crippen LogP contribution in [0.2, 0.25) is 0 Å². The van der Waals surface area contributed by atoms with Crippen LogP contribution in [-0.2, 0) is 0 Å². The van der Waals surface area contributed by atoms with E-state index in [1.54, 1.807) is 0 Å². The van der Waals surface area contributed by atoms with E-state index in [1.807, 2.05) is 13.8 Å². The molecule has 1 heterocycles. The van der Waals surface area contributed by atoms with Gasteiger partial charge < -0.3 is 5.32 Å². The fraction of sp³-hybridized carbons (Fsp3) is 0.538. The lowest BCUT2D eigenvalue weighted by molar-refractivity contribution is 0.0933. The molecule has 3 nitrogen and oxygen atoms in total. The smallest absolute Gasteiger partial charge is 0.280 e. The summed E-state index contributed by atoms with van der Waals surface area (Å²) in [5.74, 6) is -0.264. The van der Waals surface area contributed by atoms with Gasteiger partial charge in [0.05, 0.1) is 5.56 Å². The van der Waals surface area contributed by atoms with E-state index >= 15 is 0 Å². The Labute approximate surface area is 107 Å². The summed E-state index contributed by atoms with van der Waals surface area (Å²) in [7, 11) is 0. The third-order valence-electron chi connectivity index (χ3n) is 2.91. The first kappa shape index (κ1) is 14.5. The van der Waals surface area contributed by atoms with Crippen molar-refractivity contribution >= 4 is 5.91 Å². The monoisotopic (exact) mass is 258 g/mol. The van der Waals surface area contributed by atoms with Gasteiger partial charge in [0.1, 0.15) is 5.69 Å². The average Bonchev–Trinajstić information content (AvgIpc) is 2.34. The van der Waals surface area contributed by atoms with Crippen LogP contribution in [0.4, 0.5) is 8.78 Å². The maximum absolute atomic E-state index is 12.5.